The summed E-state index contributed by atoms with van der Waals surface area (Å²) in [4.78, 5) is 9.92. The highest BCUT2D eigenvalue weighted by atomic mass is 127. The average Bonchev–Trinajstić information content (AvgIpc) is 2.30. The van der Waals surface area contributed by atoms with Crippen molar-refractivity contribution in [3.8, 4) is 6.19 Å². The predicted octanol–water partition coefficient (Wildman–Crippen LogP) is 2.35. The quantitative estimate of drug-likeness (QED) is 0.281. The van der Waals surface area contributed by atoms with Crippen LogP contribution in [0, 0.1) is 11.5 Å². The Morgan fingerprint density at radius 2 is 2.38 bits per heavy atom. The first-order valence-corrected chi connectivity index (χ1v) is 6.34. The Hall–Kier alpha value is -1.16. The molecule has 0 aromatic carbocycles. The highest BCUT2D eigenvalue weighted by Gasteiger charge is 2.02. The number of aromatic nitrogens is 1. The fourth-order valence-corrected chi connectivity index (χ4v) is 1.62. The minimum absolute atomic E-state index is 0.709. The van der Waals surface area contributed by atoms with Gasteiger partial charge in [0, 0.05) is 24.2 Å². The molecule has 0 radical (unpaired) electrons. The van der Waals surface area contributed by atoms with Gasteiger partial charge in [-0.1, -0.05) is 28.7 Å². The van der Waals surface area contributed by atoms with Gasteiger partial charge in [-0.15, -0.1) is 0 Å². The van der Waals surface area contributed by atoms with Crippen LogP contribution in [0.1, 0.15) is 18.2 Å². The summed E-state index contributed by atoms with van der Waals surface area (Å²) in [5, 5.41) is 8.44. The SMILES string of the molecule is CC(=NC#N)N(C)Cc1ccc(CI)nc1. The zero-order valence-corrected chi connectivity index (χ0v) is 11.5. The first-order chi connectivity index (χ1) is 7.67. The van der Waals surface area contributed by atoms with Crippen LogP contribution in [-0.4, -0.2) is 22.8 Å². The number of aliphatic imine (C=N–C) groups is 1. The van der Waals surface area contributed by atoms with E-state index in [1.807, 2.05) is 31.1 Å². The van der Waals surface area contributed by atoms with Crippen LogP contribution < -0.4 is 0 Å². The van der Waals surface area contributed by atoms with Gasteiger partial charge in [-0.05, 0) is 18.6 Å². The minimum atomic E-state index is 0.709. The van der Waals surface area contributed by atoms with Crippen LogP contribution in [0.25, 0.3) is 0 Å². The molecule has 0 spiro atoms. The molecule has 1 aromatic heterocycles. The molecule has 0 atom stereocenters. The molecule has 1 aromatic rings. The van der Waals surface area contributed by atoms with Gasteiger partial charge in [0.2, 0.25) is 6.19 Å². The van der Waals surface area contributed by atoms with Gasteiger partial charge in [0.1, 0.15) is 5.84 Å². The number of amidine groups is 1. The average molecular weight is 328 g/mol. The molecule has 5 heteroatoms. The van der Waals surface area contributed by atoms with Crippen molar-refractivity contribution in [2.75, 3.05) is 7.05 Å². The molecule has 0 N–H and O–H groups in total. The van der Waals surface area contributed by atoms with E-state index in [9.17, 15) is 0 Å². The highest BCUT2D eigenvalue weighted by Crippen LogP contribution is 2.06. The third-order valence-corrected chi connectivity index (χ3v) is 2.99. The molecule has 0 unspecified atom stereocenters. The molecular formula is C11H13IN4. The van der Waals surface area contributed by atoms with Crippen molar-refractivity contribution in [1.82, 2.24) is 9.88 Å². The van der Waals surface area contributed by atoms with E-state index in [0.717, 1.165) is 15.7 Å². The smallest absolute Gasteiger partial charge is 0.207 e. The molecule has 0 saturated carbocycles. The van der Waals surface area contributed by atoms with Gasteiger partial charge < -0.3 is 4.90 Å². The fourth-order valence-electron chi connectivity index (χ4n) is 1.17. The Morgan fingerprint density at radius 3 is 2.88 bits per heavy atom. The van der Waals surface area contributed by atoms with Crippen LogP contribution in [-0.2, 0) is 11.0 Å². The predicted molar refractivity (Wildman–Crippen MR) is 72.2 cm³/mol. The van der Waals surface area contributed by atoms with E-state index in [2.05, 4.69) is 38.6 Å². The summed E-state index contributed by atoms with van der Waals surface area (Å²) < 4.78 is 0.919. The lowest BCUT2D eigenvalue weighted by Crippen LogP contribution is -2.23. The molecule has 16 heavy (non-hydrogen) atoms. The molecule has 1 rings (SSSR count). The second kappa shape index (κ2) is 6.43. The Balaban J connectivity index is 2.67. The third-order valence-electron chi connectivity index (χ3n) is 2.21. The number of hydrogen-bond donors (Lipinski definition) is 0. The van der Waals surface area contributed by atoms with Crippen LogP contribution in [0.3, 0.4) is 0 Å². The summed E-state index contributed by atoms with van der Waals surface area (Å²) in [6.45, 7) is 2.53. The number of pyridine rings is 1. The van der Waals surface area contributed by atoms with E-state index in [4.69, 9.17) is 5.26 Å². The monoisotopic (exact) mass is 328 g/mol. The van der Waals surface area contributed by atoms with Crippen LogP contribution in [0.5, 0.6) is 0 Å². The number of nitriles is 1. The Bertz CT molecular complexity index is 405. The van der Waals surface area contributed by atoms with Gasteiger partial charge in [0.25, 0.3) is 0 Å². The van der Waals surface area contributed by atoms with Gasteiger partial charge in [0.05, 0.1) is 5.69 Å². The van der Waals surface area contributed by atoms with Crippen molar-refractivity contribution in [2.45, 2.75) is 17.9 Å². The third kappa shape index (κ3) is 3.77. The van der Waals surface area contributed by atoms with Gasteiger partial charge in [0.15, 0.2) is 0 Å². The molecule has 0 aliphatic rings. The number of rotatable bonds is 3. The molecule has 0 aliphatic carbocycles. The van der Waals surface area contributed by atoms with Crippen molar-refractivity contribution < 1.29 is 0 Å². The first-order valence-electron chi connectivity index (χ1n) is 4.81. The zero-order chi connectivity index (χ0) is 12.0. The van der Waals surface area contributed by atoms with Crippen molar-refractivity contribution in [1.29, 1.82) is 5.26 Å². The van der Waals surface area contributed by atoms with Crippen LogP contribution in [0.2, 0.25) is 0 Å². The normalized spacial score (nSPS) is 11.0. The zero-order valence-electron chi connectivity index (χ0n) is 9.31. The van der Waals surface area contributed by atoms with Crippen LogP contribution >= 0.6 is 22.6 Å². The Labute approximate surface area is 109 Å². The second-order valence-electron chi connectivity index (χ2n) is 3.41. The lowest BCUT2D eigenvalue weighted by molar-refractivity contribution is 0.497. The van der Waals surface area contributed by atoms with E-state index in [1.165, 1.54) is 0 Å². The molecule has 0 bridgehead atoms. The molecule has 84 valence electrons. The van der Waals surface area contributed by atoms with Crippen molar-refractivity contribution in [3.05, 3.63) is 29.6 Å². The van der Waals surface area contributed by atoms with Crippen molar-refractivity contribution in [2.24, 2.45) is 4.99 Å². The van der Waals surface area contributed by atoms with E-state index in [1.54, 1.807) is 6.19 Å². The van der Waals surface area contributed by atoms with Crippen molar-refractivity contribution in [3.63, 3.8) is 0 Å². The van der Waals surface area contributed by atoms with Gasteiger partial charge in [-0.25, -0.2) is 0 Å². The topological polar surface area (TPSA) is 52.3 Å². The lowest BCUT2D eigenvalue weighted by Gasteiger charge is -2.17. The van der Waals surface area contributed by atoms with E-state index >= 15 is 0 Å². The minimum Gasteiger partial charge on any atom is -0.358 e. The standard InChI is InChI=1S/C11H13IN4/c1-9(15-8-13)16(2)7-10-3-4-11(5-12)14-6-10/h3-4,6H,5,7H2,1-2H3. The van der Waals surface area contributed by atoms with Gasteiger partial charge >= 0.3 is 0 Å². The summed E-state index contributed by atoms with van der Waals surface area (Å²) in [5.41, 5.74) is 2.19. The van der Waals surface area contributed by atoms with Gasteiger partial charge in [-0.3, -0.25) is 4.98 Å². The molecule has 0 saturated heterocycles. The largest absolute Gasteiger partial charge is 0.358 e. The maximum atomic E-state index is 8.44. The number of halogens is 1. The first kappa shape index (κ1) is 12.9. The van der Waals surface area contributed by atoms with Crippen LogP contribution in [0.15, 0.2) is 23.3 Å². The Morgan fingerprint density at radius 1 is 1.62 bits per heavy atom. The maximum absolute atomic E-state index is 8.44. The summed E-state index contributed by atoms with van der Waals surface area (Å²) in [7, 11) is 1.91. The molecule has 0 amide bonds. The highest BCUT2D eigenvalue weighted by molar-refractivity contribution is 14.1. The van der Waals surface area contributed by atoms with E-state index in [0.29, 0.717) is 12.4 Å². The second-order valence-corrected chi connectivity index (χ2v) is 4.17. The maximum Gasteiger partial charge on any atom is 0.207 e. The molecule has 4 nitrogen and oxygen atoms in total. The summed E-state index contributed by atoms with van der Waals surface area (Å²) in [6.07, 6.45) is 3.65. The summed E-state index contributed by atoms with van der Waals surface area (Å²) in [5.74, 6) is 0.709. The molecular weight excluding hydrogens is 315 g/mol. The molecule has 1 heterocycles. The van der Waals surface area contributed by atoms with Crippen LogP contribution in [0.4, 0.5) is 0 Å². The molecule has 0 aliphatic heterocycles. The number of alkyl halides is 1. The number of nitrogens with zero attached hydrogens (tertiary/aromatic N) is 4. The molecule has 0 fully saturated rings. The number of hydrogen-bond acceptors (Lipinski definition) is 3. The fraction of sp³-hybridized carbons (Fsp3) is 0.364. The summed E-state index contributed by atoms with van der Waals surface area (Å²) in [6, 6.07) is 4.07. The van der Waals surface area contributed by atoms with E-state index in [-0.39, 0.29) is 0 Å². The van der Waals surface area contributed by atoms with Crippen molar-refractivity contribution >= 4 is 28.4 Å². The summed E-state index contributed by atoms with van der Waals surface area (Å²) >= 11 is 2.28. The van der Waals surface area contributed by atoms with E-state index < -0.39 is 0 Å². The van der Waals surface area contributed by atoms with Gasteiger partial charge in [-0.2, -0.15) is 10.3 Å². The lowest BCUT2D eigenvalue weighted by atomic mass is 10.2. The Kier molecular flexibility index (Phi) is 5.19.